The largest absolute Gasteiger partial charge is 0.496 e. The Morgan fingerprint density at radius 2 is 2.20 bits per heavy atom. The summed E-state index contributed by atoms with van der Waals surface area (Å²) in [7, 11) is 1.64. The van der Waals surface area contributed by atoms with Crippen LogP contribution in [-0.2, 0) is 0 Å². The number of ether oxygens (including phenoxy) is 1. The van der Waals surface area contributed by atoms with E-state index in [0.717, 1.165) is 17.9 Å². The Bertz CT molecular complexity index is 582. The molecular formula is C15H19N3O2. The van der Waals surface area contributed by atoms with E-state index >= 15 is 0 Å². The first-order valence-electron chi connectivity index (χ1n) is 7.00. The molecule has 2 aromatic rings. The van der Waals surface area contributed by atoms with Gasteiger partial charge in [-0.25, -0.2) is 0 Å². The predicted molar refractivity (Wildman–Crippen MR) is 75.4 cm³/mol. The van der Waals surface area contributed by atoms with Gasteiger partial charge in [0.1, 0.15) is 5.75 Å². The molecule has 1 aliphatic heterocycles. The van der Waals surface area contributed by atoms with E-state index in [2.05, 4.69) is 22.4 Å². The van der Waals surface area contributed by atoms with Crippen molar-refractivity contribution >= 4 is 0 Å². The van der Waals surface area contributed by atoms with Crippen LogP contribution in [0.5, 0.6) is 5.75 Å². The number of piperidine rings is 1. The molecule has 1 aliphatic rings. The fraction of sp³-hybridized carbons (Fsp3) is 0.467. The standard InChI is InChI=1S/C15H19N3O2/c1-10-6-5-9-16-13(10)15-17-14(18-20-15)11-7-3-4-8-12(11)19-2/h3-4,7-8,10,13,16H,5-6,9H2,1-2H3. The lowest BCUT2D eigenvalue weighted by atomic mass is 9.93. The summed E-state index contributed by atoms with van der Waals surface area (Å²) < 4.78 is 10.8. The van der Waals surface area contributed by atoms with Crippen molar-refractivity contribution in [3.05, 3.63) is 30.2 Å². The lowest BCUT2D eigenvalue weighted by Crippen LogP contribution is -2.33. The highest BCUT2D eigenvalue weighted by Gasteiger charge is 2.28. The Morgan fingerprint density at radius 1 is 1.35 bits per heavy atom. The number of para-hydroxylation sites is 1. The van der Waals surface area contributed by atoms with E-state index in [4.69, 9.17) is 9.26 Å². The summed E-state index contributed by atoms with van der Waals surface area (Å²) in [5, 5.41) is 7.55. The van der Waals surface area contributed by atoms with Gasteiger partial charge in [0.15, 0.2) is 0 Å². The van der Waals surface area contributed by atoms with Crippen LogP contribution >= 0.6 is 0 Å². The maximum absolute atomic E-state index is 5.45. The zero-order valence-corrected chi connectivity index (χ0v) is 11.8. The minimum atomic E-state index is 0.153. The van der Waals surface area contributed by atoms with Crippen molar-refractivity contribution in [2.75, 3.05) is 13.7 Å². The monoisotopic (exact) mass is 273 g/mol. The topological polar surface area (TPSA) is 60.2 Å². The van der Waals surface area contributed by atoms with Crippen molar-refractivity contribution in [2.45, 2.75) is 25.8 Å². The minimum Gasteiger partial charge on any atom is -0.496 e. The lowest BCUT2D eigenvalue weighted by Gasteiger charge is -2.26. The molecule has 2 atom stereocenters. The van der Waals surface area contributed by atoms with Crippen LogP contribution < -0.4 is 10.1 Å². The molecule has 1 N–H and O–H groups in total. The van der Waals surface area contributed by atoms with E-state index in [1.165, 1.54) is 12.8 Å². The molecule has 1 aromatic carbocycles. The molecule has 20 heavy (non-hydrogen) atoms. The SMILES string of the molecule is COc1ccccc1-c1noc(C2NCCCC2C)n1. The van der Waals surface area contributed by atoms with Gasteiger partial charge >= 0.3 is 0 Å². The van der Waals surface area contributed by atoms with Crippen molar-refractivity contribution < 1.29 is 9.26 Å². The molecule has 0 spiro atoms. The highest BCUT2D eigenvalue weighted by atomic mass is 16.5. The van der Waals surface area contributed by atoms with Crippen LogP contribution in [0.3, 0.4) is 0 Å². The summed E-state index contributed by atoms with van der Waals surface area (Å²) >= 11 is 0. The number of aromatic nitrogens is 2. The molecule has 5 nitrogen and oxygen atoms in total. The summed E-state index contributed by atoms with van der Waals surface area (Å²) in [5.74, 6) is 2.51. The average Bonchev–Trinajstić information content (AvgIpc) is 2.97. The van der Waals surface area contributed by atoms with Crippen LogP contribution in [0.1, 0.15) is 31.7 Å². The van der Waals surface area contributed by atoms with Crippen LogP contribution in [0.25, 0.3) is 11.4 Å². The maximum Gasteiger partial charge on any atom is 0.244 e. The fourth-order valence-electron chi connectivity index (χ4n) is 2.68. The quantitative estimate of drug-likeness (QED) is 0.931. The van der Waals surface area contributed by atoms with E-state index in [1.807, 2.05) is 24.3 Å². The molecule has 0 radical (unpaired) electrons. The van der Waals surface area contributed by atoms with Crippen LogP contribution in [0.2, 0.25) is 0 Å². The zero-order chi connectivity index (χ0) is 13.9. The maximum atomic E-state index is 5.45. The van der Waals surface area contributed by atoms with E-state index < -0.39 is 0 Å². The molecule has 3 rings (SSSR count). The van der Waals surface area contributed by atoms with Gasteiger partial charge in [-0.1, -0.05) is 24.2 Å². The third-order valence-electron chi connectivity index (χ3n) is 3.83. The highest BCUT2D eigenvalue weighted by Crippen LogP contribution is 2.31. The molecule has 0 saturated carbocycles. The van der Waals surface area contributed by atoms with Gasteiger partial charge in [0.05, 0.1) is 18.7 Å². The molecule has 106 valence electrons. The number of nitrogens with zero attached hydrogens (tertiary/aromatic N) is 2. The van der Waals surface area contributed by atoms with E-state index in [0.29, 0.717) is 17.6 Å². The smallest absolute Gasteiger partial charge is 0.244 e. The number of hydrogen-bond donors (Lipinski definition) is 1. The Morgan fingerprint density at radius 3 is 3.00 bits per heavy atom. The Hall–Kier alpha value is -1.88. The fourth-order valence-corrected chi connectivity index (χ4v) is 2.68. The van der Waals surface area contributed by atoms with Crippen molar-refractivity contribution in [2.24, 2.45) is 5.92 Å². The average molecular weight is 273 g/mol. The predicted octanol–water partition coefficient (Wildman–Crippen LogP) is 2.81. The second-order valence-electron chi connectivity index (χ2n) is 5.21. The molecule has 1 aromatic heterocycles. The second-order valence-corrected chi connectivity index (χ2v) is 5.21. The third kappa shape index (κ3) is 2.41. The van der Waals surface area contributed by atoms with Gasteiger partial charge in [-0.3, -0.25) is 0 Å². The molecule has 2 heterocycles. The Labute approximate surface area is 118 Å². The van der Waals surface area contributed by atoms with Gasteiger partial charge in [-0.15, -0.1) is 0 Å². The van der Waals surface area contributed by atoms with E-state index in [9.17, 15) is 0 Å². The van der Waals surface area contributed by atoms with Crippen LogP contribution in [0.15, 0.2) is 28.8 Å². The van der Waals surface area contributed by atoms with Crippen molar-refractivity contribution in [1.82, 2.24) is 15.5 Å². The van der Waals surface area contributed by atoms with Gasteiger partial charge in [0.25, 0.3) is 0 Å². The van der Waals surface area contributed by atoms with Crippen molar-refractivity contribution in [3.8, 4) is 17.1 Å². The number of nitrogens with one attached hydrogen (secondary N) is 1. The van der Waals surface area contributed by atoms with Crippen molar-refractivity contribution in [1.29, 1.82) is 0 Å². The summed E-state index contributed by atoms with van der Waals surface area (Å²) in [4.78, 5) is 4.54. The first-order chi connectivity index (χ1) is 9.79. The summed E-state index contributed by atoms with van der Waals surface area (Å²) in [6.45, 7) is 3.21. The third-order valence-corrected chi connectivity index (χ3v) is 3.83. The van der Waals surface area contributed by atoms with Gasteiger partial charge in [-0.2, -0.15) is 4.98 Å². The Balaban J connectivity index is 1.90. The summed E-state index contributed by atoms with van der Waals surface area (Å²) in [6.07, 6.45) is 2.38. The number of benzene rings is 1. The van der Waals surface area contributed by atoms with Gasteiger partial charge < -0.3 is 14.6 Å². The number of rotatable bonds is 3. The summed E-state index contributed by atoms with van der Waals surface area (Å²) in [5.41, 5.74) is 0.855. The molecule has 0 bridgehead atoms. The van der Waals surface area contributed by atoms with Crippen LogP contribution in [0, 0.1) is 5.92 Å². The van der Waals surface area contributed by atoms with E-state index in [1.54, 1.807) is 7.11 Å². The van der Waals surface area contributed by atoms with Crippen LogP contribution in [-0.4, -0.2) is 23.8 Å². The molecule has 1 saturated heterocycles. The molecular weight excluding hydrogens is 254 g/mol. The number of hydrogen-bond acceptors (Lipinski definition) is 5. The first kappa shape index (κ1) is 13.1. The molecule has 0 aliphatic carbocycles. The van der Waals surface area contributed by atoms with Gasteiger partial charge in [0.2, 0.25) is 11.7 Å². The molecule has 0 amide bonds. The van der Waals surface area contributed by atoms with Gasteiger partial charge in [0, 0.05) is 0 Å². The lowest BCUT2D eigenvalue weighted by molar-refractivity contribution is 0.239. The zero-order valence-electron chi connectivity index (χ0n) is 11.8. The minimum absolute atomic E-state index is 0.153. The van der Waals surface area contributed by atoms with Crippen LogP contribution in [0.4, 0.5) is 0 Å². The molecule has 5 heteroatoms. The van der Waals surface area contributed by atoms with Gasteiger partial charge in [-0.05, 0) is 37.4 Å². The highest BCUT2D eigenvalue weighted by molar-refractivity contribution is 5.63. The normalized spacial score (nSPS) is 22.7. The second kappa shape index (κ2) is 5.63. The summed E-state index contributed by atoms with van der Waals surface area (Å²) in [6, 6.07) is 7.85. The first-order valence-corrected chi connectivity index (χ1v) is 7.00. The molecule has 2 unspecified atom stereocenters. The van der Waals surface area contributed by atoms with E-state index in [-0.39, 0.29) is 6.04 Å². The van der Waals surface area contributed by atoms with Crippen molar-refractivity contribution in [3.63, 3.8) is 0 Å². The Kier molecular flexibility index (Phi) is 3.69. The molecule has 1 fully saturated rings. The number of methoxy groups -OCH3 is 1.